The van der Waals surface area contributed by atoms with Crippen molar-refractivity contribution in [2.24, 2.45) is 0 Å². The van der Waals surface area contributed by atoms with E-state index in [0.717, 1.165) is 4.70 Å². The molecule has 0 aliphatic heterocycles. The van der Waals surface area contributed by atoms with Crippen LogP contribution in [-0.4, -0.2) is 54.5 Å². The molecule has 2 aromatic carbocycles. The molecule has 0 N–H and O–H groups in total. The van der Waals surface area contributed by atoms with Crippen molar-refractivity contribution in [1.29, 1.82) is 0 Å². The summed E-state index contributed by atoms with van der Waals surface area (Å²) in [6.07, 6.45) is 0. The van der Waals surface area contributed by atoms with E-state index in [1.165, 1.54) is 23.5 Å². The van der Waals surface area contributed by atoms with Gasteiger partial charge in [0.25, 0.3) is 11.6 Å². The number of hydrogen-bond acceptors (Lipinski definition) is 7. The monoisotopic (exact) mass is 428 g/mol. The Bertz CT molecular complexity index is 1080. The van der Waals surface area contributed by atoms with Gasteiger partial charge in [0.05, 0.1) is 16.2 Å². The molecule has 0 saturated heterocycles. The lowest BCUT2D eigenvalue weighted by atomic mass is 10.1. The number of hydrogen-bond donors (Lipinski definition) is 0. The molecule has 8 nitrogen and oxygen atoms in total. The molecule has 30 heavy (non-hydrogen) atoms. The van der Waals surface area contributed by atoms with E-state index in [1.807, 2.05) is 44.1 Å². The van der Waals surface area contributed by atoms with Crippen LogP contribution in [-0.2, 0) is 0 Å². The largest absolute Gasteiger partial charge is 0.492 e. The van der Waals surface area contributed by atoms with E-state index >= 15 is 0 Å². The van der Waals surface area contributed by atoms with Crippen molar-refractivity contribution in [2.45, 2.75) is 13.8 Å². The summed E-state index contributed by atoms with van der Waals surface area (Å²) < 4.78 is 6.59. The highest BCUT2D eigenvalue weighted by atomic mass is 32.1. The Labute approximate surface area is 178 Å². The Kier molecular flexibility index (Phi) is 6.63. The number of nitrogens with zero attached hydrogens (tertiary/aromatic N) is 4. The summed E-state index contributed by atoms with van der Waals surface area (Å²) in [6, 6.07) is 10.2. The first kappa shape index (κ1) is 21.7. The maximum atomic E-state index is 13.5. The highest BCUT2D eigenvalue weighted by Crippen LogP contribution is 2.35. The molecule has 1 amide bonds. The zero-order valence-electron chi connectivity index (χ0n) is 17.4. The third kappa shape index (κ3) is 4.42. The predicted molar refractivity (Wildman–Crippen MR) is 119 cm³/mol. The fraction of sp³-hybridized carbons (Fsp3) is 0.333. The topological polar surface area (TPSA) is 88.8 Å². The van der Waals surface area contributed by atoms with Gasteiger partial charge < -0.3 is 9.64 Å². The zero-order valence-corrected chi connectivity index (χ0v) is 18.2. The summed E-state index contributed by atoms with van der Waals surface area (Å²) in [4.78, 5) is 32.6. The van der Waals surface area contributed by atoms with Crippen LogP contribution in [0.3, 0.4) is 0 Å². The number of carbonyl (C=O) groups excluding carboxylic acids is 1. The van der Waals surface area contributed by atoms with Crippen molar-refractivity contribution in [3.8, 4) is 5.75 Å². The molecule has 0 atom stereocenters. The Morgan fingerprint density at radius 3 is 2.60 bits per heavy atom. The summed E-state index contributed by atoms with van der Waals surface area (Å²) >= 11 is 1.40. The molecule has 0 unspecified atom stereocenters. The van der Waals surface area contributed by atoms with Crippen molar-refractivity contribution in [2.75, 3.05) is 38.7 Å². The van der Waals surface area contributed by atoms with Crippen LogP contribution in [0, 0.1) is 17.0 Å². The van der Waals surface area contributed by atoms with Gasteiger partial charge in [-0.3, -0.25) is 19.8 Å². The number of anilines is 1. The maximum Gasteiger partial charge on any atom is 0.273 e. The fourth-order valence-corrected chi connectivity index (χ4v) is 4.09. The average molecular weight is 429 g/mol. The van der Waals surface area contributed by atoms with Gasteiger partial charge in [0.2, 0.25) is 0 Å². The molecule has 0 aliphatic rings. The van der Waals surface area contributed by atoms with Gasteiger partial charge in [0.15, 0.2) is 5.13 Å². The molecule has 1 heterocycles. The molecule has 9 heteroatoms. The van der Waals surface area contributed by atoms with Crippen molar-refractivity contribution in [3.05, 3.63) is 57.6 Å². The summed E-state index contributed by atoms with van der Waals surface area (Å²) in [5, 5.41) is 11.9. The average Bonchev–Trinajstić information content (AvgIpc) is 3.13. The molecule has 0 spiro atoms. The van der Waals surface area contributed by atoms with Gasteiger partial charge in [-0.05, 0) is 46.1 Å². The van der Waals surface area contributed by atoms with Gasteiger partial charge in [0, 0.05) is 30.3 Å². The first-order valence-corrected chi connectivity index (χ1v) is 10.4. The number of para-hydroxylation sites is 1. The smallest absolute Gasteiger partial charge is 0.273 e. The molecule has 3 aromatic rings. The van der Waals surface area contributed by atoms with Crippen molar-refractivity contribution in [1.82, 2.24) is 9.88 Å². The molecule has 1 aromatic heterocycles. The second-order valence-electron chi connectivity index (χ2n) is 7.00. The minimum atomic E-state index is -0.470. The van der Waals surface area contributed by atoms with E-state index in [-0.39, 0.29) is 11.6 Å². The maximum absolute atomic E-state index is 13.5. The molecule has 0 bridgehead atoms. The third-order valence-electron chi connectivity index (χ3n) is 4.65. The SMILES string of the molecule is CCOc1cccc2sc(N(CCN(C)C)C(=O)c3cccc([N+](=O)[O-])c3C)nc12. The van der Waals surface area contributed by atoms with Gasteiger partial charge in [0.1, 0.15) is 11.3 Å². The fourth-order valence-electron chi connectivity index (χ4n) is 3.08. The van der Waals surface area contributed by atoms with Crippen molar-refractivity contribution in [3.63, 3.8) is 0 Å². The quantitative estimate of drug-likeness (QED) is 0.396. The number of fused-ring (bicyclic) bond motifs is 1. The van der Waals surface area contributed by atoms with Crippen LogP contribution in [0.1, 0.15) is 22.8 Å². The van der Waals surface area contributed by atoms with Crippen LogP contribution >= 0.6 is 11.3 Å². The number of thiazole rings is 1. The number of aromatic nitrogens is 1. The van der Waals surface area contributed by atoms with Crippen LogP contribution < -0.4 is 9.64 Å². The number of nitro groups is 1. The number of nitro benzene ring substituents is 1. The zero-order chi connectivity index (χ0) is 21.8. The summed E-state index contributed by atoms with van der Waals surface area (Å²) in [6.45, 7) is 5.04. The van der Waals surface area contributed by atoms with Gasteiger partial charge in [-0.25, -0.2) is 4.98 Å². The van der Waals surface area contributed by atoms with Crippen molar-refractivity contribution < 1.29 is 14.5 Å². The molecule has 0 radical (unpaired) electrons. The lowest BCUT2D eigenvalue weighted by Gasteiger charge is -2.22. The van der Waals surface area contributed by atoms with Gasteiger partial charge >= 0.3 is 0 Å². The Morgan fingerprint density at radius 2 is 1.93 bits per heavy atom. The number of likely N-dealkylation sites (N-methyl/N-ethyl adjacent to an activating group) is 1. The highest BCUT2D eigenvalue weighted by Gasteiger charge is 2.26. The first-order valence-electron chi connectivity index (χ1n) is 9.56. The standard InChI is InChI=1S/C21H24N4O4S/c1-5-29-17-10-7-11-18-19(17)22-21(30-18)24(13-12-23(3)4)20(26)15-8-6-9-16(14(15)2)25(27)28/h6-11H,5,12-13H2,1-4H3. The number of amides is 1. The van der Waals surface area contributed by atoms with Crippen LogP contribution in [0.15, 0.2) is 36.4 Å². The second kappa shape index (κ2) is 9.19. The van der Waals surface area contributed by atoms with Crippen LogP contribution in [0.5, 0.6) is 5.75 Å². The van der Waals surface area contributed by atoms with Gasteiger partial charge in [-0.2, -0.15) is 0 Å². The Morgan fingerprint density at radius 1 is 1.20 bits per heavy atom. The van der Waals surface area contributed by atoms with Gasteiger partial charge in [-0.1, -0.05) is 23.5 Å². The summed E-state index contributed by atoms with van der Waals surface area (Å²) in [7, 11) is 3.85. The van der Waals surface area contributed by atoms with E-state index in [0.29, 0.717) is 47.2 Å². The number of benzene rings is 2. The molecule has 0 aliphatic carbocycles. The van der Waals surface area contributed by atoms with E-state index < -0.39 is 4.92 Å². The molecular weight excluding hydrogens is 404 g/mol. The number of rotatable bonds is 8. The minimum absolute atomic E-state index is 0.0728. The van der Waals surface area contributed by atoms with Crippen LogP contribution in [0.2, 0.25) is 0 Å². The highest BCUT2D eigenvalue weighted by molar-refractivity contribution is 7.22. The van der Waals surface area contributed by atoms with E-state index in [9.17, 15) is 14.9 Å². The lowest BCUT2D eigenvalue weighted by molar-refractivity contribution is -0.385. The number of ether oxygens (including phenoxy) is 1. The normalized spacial score (nSPS) is 11.1. The third-order valence-corrected chi connectivity index (χ3v) is 5.69. The predicted octanol–water partition coefficient (Wildman–Crippen LogP) is 4.12. The first-order chi connectivity index (χ1) is 14.3. The molecule has 0 saturated carbocycles. The van der Waals surface area contributed by atoms with Crippen LogP contribution in [0.25, 0.3) is 10.2 Å². The number of carbonyl (C=O) groups is 1. The Balaban J connectivity index is 2.07. The van der Waals surface area contributed by atoms with E-state index in [1.54, 1.807) is 17.9 Å². The van der Waals surface area contributed by atoms with Gasteiger partial charge in [-0.15, -0.1) is 0 Å². The summed E-state index contributed by atoms with van der Waals surface area (Å²) in [5.41, 5.74) is 1.28. The Hall–Kier alpha value is -3.04. The summed E-state index contributed by atoms with van der Waals surface area (Å²) in [5.74, 6) is 0.360. The second-order valence-corrected chi connectivity index (χ2v) is 8.01. The van der Waals surface area contributed by atoms with E-state index in [2.05, 4.69) is 4.98 Å². The molecule has 3 rings (SSSR count). The lowest BCUT2D eigenvalue weighted by Crippen LogP contribution is -2.37. The van der Waals surface area contributed by atoms with Crippen LogP contribution in [0.4, 0.5) is 10.8 Å². The minimum Gasteiger partial charge on any atom is -0.492 e. The molecule has 158 valence electrons. The molecular formula is C21H24N4O4S. The molecule has 0 fully saturated rings. The van der Waals surface area contributed by atoms with Crippen molar-refractivity contribution >= 4 is 38.3 Å². The van der Waals surface area contributed by atoms with E-state index in [4.69, 9.17) is 4.74 Å².